The lowest BCUT2D eigenvalue weighted by atomic mass is 10.4. The van der Waals surface area contributed by atoms with Gasteiger partial charge in [0.1, 0.15) is 0 Å². The van der Waals surface area contributed by atoms with Crippen molar-refractivity contribution in [2.24, 2.45) is 0 Å². The van der Waals surface area contributed by atoms with Gasteiger partial charge in [0.05, 0.1) is 9.92 Å². The van der Waals surface area contributed by atoms with Gasteiger partial charge in [-0.3, -0.25) is 4.72 Å². The van der Waals surface area contributed by atoms with E-state index in [1.165, 1.54) is 35.7 Å². The van der Waals surface area contributed by atoms with Gasteiger partial charge in [-0.15, -0.1) is 11.3 Å². The third kappa shape index (κ3) is 2.98. The highest BCUT2D eigenvalue weighted by Crippen LogP contribution is 2.26. The van der Waals surface area contributed by atoms with E-state index < -0.39 is 10.0 Å². The zero-order chi connectivity index (χ0) is 12.5. The fraction of sp³-hybridized carbons (Fsp3) is 0. The molecule has 2 aromatic rings. The van der Waals surface area contributed by atoms with Crippen LogP contribution in [0.4, 0.5) is 5.13 Å². The van der Waals surface area contributed by atoms with Crippen LogP contribution < -0.4 is 4.72 Å². The molecule has 0 bridgehead atoms. The van der Waals surface area contributed by atoms with Crippen LogP contribution in [-0.4, -0.2) is 13.4 Å². The average molecular weight is 354 g/mol. The highest BCUT2D eigenvalue weighted by molar-refractivity contribution is 9.10. The van der Waals surface area contributed by atoms with Crippen molar-refractivity contribution in [2.45, 2.75) is 4.90 Å². The smallest absolute Gasteiger partial charge is 0.255 e. The summed E-state index contributed by atoms with van der Waals surface area (Å²) in [4.78, 5) is 3.99. The standard InChI is InChI=1S/C9H6BrClN2O2S2/c10-7-5-6(1-2-8(7)11)17(14,15)13-9-12-3-4-16-9/h1-5H,(H,12,13). The number of halogens is 2. The number of aromatic nitrogens is 1. The van der Waals surface area contributed by atoms with Crippen LogP contribution in [0, 0.1) is 0 Å². The van der Waals surface area contributed by atoms with E-state index in [2.05, 4.69) is 25.6 Å². The maximum Gasteiger partial charge on any atom is 0.263 e. The highest BCUT2D eigenvalue weighted by Gasteiger charge is 2.16. The molecule has 0 fully saturated rings. The summed E-state index contributed by atoms with van der Waals surface area (Å²) in [6.45, 7) is 0. The molecule has 1 N–H and O–H groups in total. The Morgan fingerprint density at radius 1 is 1.41 bits per heavy atom. The summed E-state index contributed by atoms with van der Waals surface area (Å²) in [5, 5.41) is 2.48. The number of hydrogen-bond donors (Lipinski definition) is 1. The van der Waals surface area contributed by atoms with E-state index in [4.69, 9.17) is 11.6 Å². The second-order valence-corrected chi connectivity index (χ2v) is 6.86. The van der Waals surface area contributed by atoms with Crippen molar-refractivity contribution in [3.05, 3.63) is 39.3 Å². The second kappa shape index (κ2) is 4.93. The molecule has 1 heterocycles. The van der Waals surface area contributed by atoms with Gasteiger partial charge >= 0.3 is 0 Å². The van der Waals surface area contributed by atoms with E-state index in [1.807, 2.05) is 0 Å². The van der Waals surface area contributed by atoms with Gasteiger partial charge in [0.15, 0.2) is 5.13 Å². The molecule has 0 saturated carbocycles. The number of benzene rings is 1. The lowest BCUT2D eigenvalue weighted by Crippen LogP contribution is -2.12. The Hall–Kier alpha value is -0.630. The molecule has 0 unspecified atom stereocenters. The van der Waals surface area contributed by atoms with Crippen molar-refractivity contribution in [3.63, 3.8) is 0 Å². The minimum Gasteiger partial charge on any atom is -0.255 e. The molecule has 0 atom stereocenters. The Balaban J connectivity index is 2.35. The van der Waals surface area contributed by atoms with Crippen molar-refractivity contribution >= 4 is 54.0 Å². The van der Waals surface area contributed by atoms with Gasteiger partial charge in [0.2, 0.25) is 0 Å². The Labute approximate surface area is 116 Å². The van der Waals surface area contributed by atoms with Crippen LogP contribution in [0.2, 0.25) is 5.02 Å². The number of anilines is 1. The number of thiazole rings is 1. The molecule has 17 heavy (non-hydrogen) atoms. The number of hydrogen-bond acceptors (Lipinski definition) is 4. The summed E-state index contributed by atoms with van der Waals surface area (Å²) in [5.41, 5.74) is 0. The van der Waals surface area contributed by atoms with E-state index in [1.54, 1.807) is 5.38 Å². The predicted molar refractivity (Wildman–Crippen MR) is 72.1 cm³/mol. The molecule has 90 valence electrons. The van der Waals surface area contributed by atoms with Gasteiger partial charge in [-0.2, -0.15) is 0 Å². The van der Waals surface area contributed by atoms with Crippen molar-refractivity contribution in [3.8, 4) is 0 Å². The third-order valence-electron chi connectivity index (χ3n) is 1.86. The molecule has 0 aliphatic carbocycles. The van der Waals surface area contributed by atoms with Crippen LogP contribution in [-0.2, 0) is 10.0 Å². The van der Waals surface area contributed by atoms with E-state index in [0.717, 1.165) is 0 Å². The summed E-state index contributed by atoms with van der Waals surface area (Å²) >= 11 is 10.2. The van der Waals surface area contributed by atoms with E-state index in [9.17, 15) is 8.42 Å². The number of rotatable bonds is 3. The van der Waals surface area contributed by atoms with Gasteiger partial charge in [-0.05, 0) is 34.1 Å². The topological polar surface area (TPSA) is 59.1 Å². The lowest BCUT2D eigenvalue weighted by molar-refractivity contribution is 0.601. The molecule has 0 aliphatic heterocycles. The van der Waals surface area contributed by atoms with Crippen LogP contribution in [0.1, 0.15) is 0 Å². The zero-order valence-electron chi connectivity index (χ0n) is 8.22. The van der Waals surface area contributed by atoms with Crippen LogP contribution in [0.15, 0.2) is 39.1 Å². The maximum absolute atomic E-state index is 12.0. The summed E-state index contributed by atoms with van der Waals surface area (Å²) < 4.78 is 26.8. The lowest BCUT2D eigenvalue weighted by Gasteiger charge is -2.06. The molecule has 8 heteroatoms. The summed E-state index contributed by atoms with van der Waals surface area (Å²) in [6, 6.07) is 4.39. The molecule has 1 aromatic heterocycles. The van der Waals surface area contributed by atoms with Crippen LogP contribution in [0.25, 0.3) is 0 Å². The quantitative estimate of drug-likeness (QED) is 0.920. The minimum atomic E-state index is -3.61. The fourth-order valence-electron chi connectivity index (χ4n) is 1.09. The molecule has 0 radical (unpaired) electrons. The van der Waals surface area contributed by atoms with E-state index >= 15 is 0 Å². The Morgan fingerprint density at radius 2 is 2.18 bits per heavy atom. The van der Waals surface area contributed by atoms with Crippen LogP contribution in [0.5, 0.6) is 0 Å². The van der Waals surface area contributed by atoms with Gasteiger partial charge < -0.3 is 0 Å². The number of nitrogens with one attached hydrogen (secondary N) is 1. The van der Waals surface area contributed by atoms with Gasteiger partial charge in [-0.25, -0.2) is 13.4 Å². The molecule has 1 aromatic carbocycles. The Bertz CT molecular complexity index is 628. The zero-order valence-corrected chi connectivity index (χ0v) is 12.2. The maximum atomic E-state index is 12.0. The molecular formula is C9H6BrClN2O2S2. The molecule has 0 aliphatic rings. The van der Waals surface area contributed by atoms with Crippen LogP contribution >= 0.6 is 38.9 Å². The molecule has 0 amide bonds. The van der Waals surface area contributed by atoms with E-state index in [-0.39, 0.29) is 4.90 Å². The molecule has 4 nitrogen and oxygen atoms in total. The Morgan fingerprint density at radius 3 is 2.76 bits per heavy atom. The normalized spacial score (nSPS) is 11.4. The van der Waals surface area contributed by atoms with Gasteiger partial charge in [0, 0.05) is 16.0 Å². The van der Waals surface area contributed by atoms with Crippen molar-refractivity contribution < 1.29 is 8.42 Å². The third-order valence-corrected chi connectivity index (χ3v) is 5.22. The SMILES string of the molecule is O=S(=O)(Nc1nccs1)c1ccc(Cl)c(Br)c1. The van der Waals surface area contributed by atoms with E-state index in [0.29, 0.717) is 14.6 Å². The summed E-state index contributed by atoms with van der Waals surface area (Å²) in [6.07, 6.45) is 1.53. The first-order chi connectivity index (χ1) is 7.99. The van der Waals surface area contributed by atoms with Crippen molar-refractivity contribution in [2.75, 3.05) is 4.72 Å². The molecular weight excluding hydrogens is 348 g/mol. The Kier molecular flexibility index (Phi) is 3.72. The molecule has 0 saturated heterocycles. The first-order valence-corrected chi connectivity index (χ1v) is 7.90. The van der Waals surface area contributed by atoms with Crippen molar-refractivity contribution in [1.82, 2.24) is 4.98 Å². The number of nitrogens with zero attached hydrogens (tertiary/aromatic N) is 1. The monoisotopic (exact) mass is 352 g/mol. The first kappa shape index (κ1) is 12.8. The average Bonchev–Trinajstić information content (AvgIpc) is 2.73. The summed E-state index contributed by atoms with van der Waals surface area (Å²) in [5.74, 6) is 0. The molecule has 2 rings (SSSR count). The second-order valence-electron chi connectivity index (χ2n) is 3.02. The minimum absolute atomic E-state index is 0.129. The fourth-order valence-corrected chi connectivity index (χ4v) is 3.55. The molecule has 0 spiro atoms. The summed E-state index contributed by atoms with van der Waals surface area (Å²) in [7, 11) is -3.61. The highest BCUT2D eigenvalue weighted by atomic mass is 79.9. The van der Waals surface area contributed by atoms with Gasteiger partial charge in [0.25, 0.3) is 10.0 Å². The first-order valence-electron chi connectivity index (χ1n) is 4.36. The predicted octanol–water partition coefficient (Wildman–Crippen LogP) is 3.36. The van der Waals surface area contributed by atoms with Gasteiger partial charge in [-0.1, -0.05) is 11.6 Å². The van der Waals surface area contributed by atoms with Crippen molar-refractivity contribution in [1.29, 1.82) is 0 Å². The van der Waals surface area contributed by atoms with Crippen LogP contribution in [0.3, 0.4) is 0 Å². The largest absolute Gasteiger partial charge is 0.263 e. The number of sulfonamides is 1.